The van der Waals surface area contributed by atoms with Gasteiger partial charge in [0.25, 0.3) is 0 Å². The number of likely N-dealkylation sites (tertiary alicyclic amines) is 1. The van der Waals surface area contributed by atoms with Gasteiger partial charge in [-0.1, -0.05) is 18.6 Å². The molecule has 1 aliphatic carbocycles. The van der Waals surface area contributed by atoms with Crippen LogP contribution in [0.5, 0.6) is 5.75 Å². The van der Waals surface area contributed by atoms with E-state index in [1.165, 1.54) is 19.3 Å². The predicted octanol–water partition coefficient (Wildman–Crippen LogP) is 4.17. The first-order valence-electron chi connectivity index (χ1n) is 12.4. The van der Waals surface area contributed by atoms with E-state index in [-0.39, 0.29) is 18.0 Å². The van der Waals surface area contributed by atoms with Gasteiger partial charge < -0.3 is 14.7 Å². The van der Waals surface area contributed by atoms with Crippen molar-refractivity contribution in [1.29, 1.82) is 0 Å². The SMILES string of the molecule is CC(C)(C)OC(=O)N1CCC[C@@H]1C(=O)N1CCCN(C2CCC2)CC1.Cc1cccc(O)c1. The Labute approximate surface area is 198 Å². The average Bonchev–Trinajstić information content (AvgIpc) is 3.06. The van der Waals surface area contributed by atoms with E-state index in [9.17, 15) is 9.59 Å². The fourth-order valence-corrected chi connectivity index (χ4v) is 4.68. The van der Waals surface area contributed by atoms with Gasteiger partial charge in [0, 0.05) is 38.8 Å². The van der Waals surface area contributed by atoms with E-state index < -0.39 is 5.60 Å². The molecule has 2 saturated heterocycles. The quantitative estimate of drug-likeness (QED) is 0.718. The van der Waals surface area contributed by atoms with Crippen molar-refractivity contribution in [3.63, 3.8) is 0 Å². The number of carbonyl (C=O) groups is 2. The highest BCUT2D eigenvalue weighted by Gasteiger charge is 2.39. The molecule has 1 saturated carbocycles. The molecule has 33 heavy (non-hydrogen) atoms. The van der Waals surface area contributed by atoms with Crippen molar-refractivity contribution in [2.45, 2.75) is 83.9 Å². The predicted molar refractivity (Wildman–Crippen MR) is 129 cm³/mol. The highest BCUT2D eigenvalue weighted by molar-refractivity contribution is 5.86. The first kappa shape index (κ1) is 25.3. The van der Waals surface area contributed by atoms with Crippen LogP contribution in [-0.2, 0) is 9.53 Å². The molecule has 2 amide bonds. The zero-order valence-corrected chi connectivity index (χ0v) is 20.8. The van der Waals surface area contributed by atoms with Gasteiger partial charge in [-0.25, -0.2) is 4.79 Å². The Hall–Kier alpha value is -2.28. The van der Waals surface area contributed by atoms with Crippen LogP contribution in [0.3, 0.4) is 0 Å². The third kappa shape index (κ3) is 7.36. The molecule has 3 fully saturated rings. The Morgan fingerprint density at radius 3 is 2.30 bits per heavy atom. The van der Waals surface area contributed by atoms with Crippen LogP contribution in [0, 0.1) is 6.92 Å². The van der Waals surface area contributed by atoms with Crippen molar-refractivity contribution >= 4 is 12.0 Å². The minimum Gasteiger partial charge on any atom is -0.508 e. The summed E-state index contributed by atoms with van der Waals surface area (Å²) in [6.45, 7) is 11.8. The first-order chi connectivity index (χ1) is 15.6. The number of aromatic hydroxyl groups is 1. The molecule has 1 atom stereocenters. The number of amides is 2. The normalized spacial score (nSPS) is 22.1. The third-order valence-electron chi connectivity index (χ3n) is 6.60. The lowest BCUT2D eigenvalue weighted by molar-refractivity contribution is -0.135. The van der Waals surface area contributed by atoms with E-state index in [0.717, 1.165) is 57.0 Å². The zero-order chi connectivity index (χ0) is 24.0. The molecule has 0 unspecified atom stereocenters. The van der Waals surface area contributed by atoms with Crippen molar-refractivity contribution in [3.8, 4) is 5.75 Å². The summed E-state index contributed by atoms with van der Waals surface area (Å²) in [5, 5.41) is 8.81. The van der Waals surface area contributed by atoms with Gasteiger partial charge in [-0.15, -0.1) is 0 Å². The van der Waals surface area contributed by atoms with Gasteiger partial charge in [-0.2, -0.15) is 0 Å². The van der Waals surface area contributed by atoms with Gasteiger partial charge in [-0.3, -0.25) is 14.6 Å². The van der Waals surface area contributed by atoms with Gasteiger partial charge in [0.15, 0.2) is 0 Å². The number of aryl methyl sites for hydroxylation is 1. The summed E-state index contributed by atoms with van der Waals surface area (Å²) in [6, 6.07) is 7.54. The molecule has 3 aliphatic rings. The van der Waals surface area contributed by atoms with E-state index in [1.807, 2.05) is 44.7 Å². The maximum atomic E-state index is 13.1. The van der Waals surface area contributed by atoms with Crippen LogP contribution >= 0.6 is 0 Å². The summed E-state index contributed by atoms with van der Waals surface area (Å²) < 4.78 is 5.49. The van der Waals surface area contributed by atoms with Crippen molar-refractivity contribution in [2.24, 2.45) is 0 Å². The molecule has 0 bridgehead atoms. The molecular weight excluding hydrogens is 418 g/mol. The molecule has 4 rings (SSSR count). The van der Waals surface area contributed by atoms with Crippen molar-refractivity contribution in [3.05, 3.63) is 29.8 Å². The van der Waals surface area contributed by atoms with Crippen molar-refractivity contribution in [2.75, 3.05) is 32.7 Å². The largest absolute Gasteiger partial charge is 0.508 e. The van der Waals surface area contributed by atoms with Gasteiger partial charge in [0.05, 0.1) is 0 Å². The Morgan fingerprint density at radius 1 is 0.970 bits per heavy atom. The van der Waals surface area contributed by atoms with Gasteiger partial charge in [0.1, 0.15) is 17.4 Å². The molecule has 0 radical (unpaired) electrons. The van der Waals surface area contributed by atoms with Crippen molar-refractivity contribution in [1.82, 2.24) is 14.7 Å². The molecule has 7 nitrogen and oxygen atoms in total. The molecule has 7 heteroatoms. The van der Waals surface area contributed by atoms with Gasteiger partial charge in [-0.05, 0) is 77.5 Å². The number of rotatable bonds is 2. The first-order valence-corrected chi connectivity index (χ1v) is 12.4. The molecular formula is C26H41N3O4. The summed E-state index contributed by atoms with van der Waals surface area (Å²) in [7, 11) is 0. The Kier molecular flexibility index (Phi) is 8.63. The average molecular weight is 460 g/mol. The van der Waals surface area contributed by atoms with E-state index >= 15 is 0 Å². The number of phenols is 1. The van der Waals surface area contributed by atoms with Crippen LogP contribution in [0.25, 0.3) is 0 Å². The van der Waals surface area contributed by atoms with Crippen LogP contribution in [0.2, 0.25) is 0 Å². The van der Waals surface area contributed by atoms with E-state index in [1.54, 1.807) is 17.0 Å². The number of phenolic OH excluding ortho intramolecular Hbond substituents is 1. The maximum absolute atomic E-state index is 13.1. The molecule has 1 N–H and O–H groups in total. The third-order valence-corrected chi connectivity index (χ3v) is 6.60. The monoisotopic (exact) mass is 459 g/mol. The number of nitrogens with zero attached hydrogens (tertiary/aromatic N) is 3. The molecule has 0 spiro atoms. The lowest BCUT2D eigenvalue weighted by Crippen LogP contribution is -2.50. The van der Waals surface area contributed by atoms with E-state index in [4.69, 9.17) is 9.84 Å². The van der Waals surface area contributed by atoms with E-state index in [2.05, 4.69) is 4.90 Å². The highest BCUT2D eigenvalue weighted by atomic mass is 16.6. The smallest absolute Gasteiger partial charge is 0.410 e. The van der Waals surface area contributed by atoms with Crippen LogP contribution in [0.4, 0.5) is 4.79 Å². The summed E-state index contributed by atoms with van der Waals surface area (Å²) >= 11 is 0. The minimum absolute atomic E-state index is 0.110. The Morgan fingerprint density at radius 2 is 1.73 bits per heavy atom. The number of ether oxygens (including phenoxy) is 1. The topological polar surface area (TPSA) is 73.3 Å². The molecule has 0 aromatic heterocycles. The lowest BCUT2D eigenvalue weighted by Gasteiger charge is -2.37. The molecule has 2 heterocycles. The van der Waals surface area contributed by atoms with Gasteiger partial charge in [0.2, 0.25) is 5.91 Å². The minimum atomic E-state index is -0.529. The molecule has 1 aromatic rings. The van der Waals surface area contributed by atoms with Crippen LogP contribution in [0.1, 0.15) is 64.9 Å². The summed E-state index contributed by atoms with van der Waals surface area (Å²) in [5.41, 5.74) is 0.559. The number of hydrogen-bond donors (Lipinski definition) is 1. The Balaban J connectivity index is 0.000000323. The second kappa shape index (κ2) is 11.2. The second-order valence-electron chi connectivity index (χ2n) is 10.5. The number of benzene rings is 1. The highest BCUT2D eigenvalue weighted by Crippen LogP contribution is 2.27. The van der Waals surface area contributed by atoms with Gasteiger partial charge >= 0.3 is 6.09 Å². The molecule has 184 valence electrons. The van der Waals surface area contributed by atoms with Crippen LogP contribution < -0.4 is 0 Å². The summed E-state index contributed by atoms with van der Waals surface area (Å²) in [5.74, 6) is 0.448. The summed E-state index contributed by atoms with van der Waals surface area (Å²) in [6.07, 6.45) is 6.26. The van der Waals surface area contributed by atoms with Crippen LogP contribution in [-0.4, -0.2) is 82.2 Å². The fourth-order valence-electron chi connectivity index (χ4n) is 4.68. The standard InChI is InChI=1S/C19H33N3O3.C7H8O/c1-19(2,3)25-18(24)22-12-5-9-16(22)17(23)21-11-6-10-20(13-14-21)15-7-4-8-15;1-6-3-2-4-7(8)5-6/h15-16H,4-14H2,1-3H3;2-5,8H,1H3/t16-;/m1./s1. The maximum Gasteiger partial charge on any atom is 0.410 e. The Bertz CT molecular complexity index is 786. The van der Waals surface area contributed by atoms with Crippen LogP contribution in [0.15, 0.2) is 24.3 Å². The van der Waals surface area contributed by atoms with E-state index in [0.29, 0.717) is 12.3 Å². The van der Waals surface area contributed by atoms with Crippen molar-refractivity contribution < 1.29 is 19.4 Å². The fraction of sp³-hybridized carbons (Fsp3) is 0.692. The number of carbonyl (C=O) groups excluding carboxylic acids is 2. The summed E-state index contributed by atoms with van der Waals surface area (Å²) in [4.78, 5) is 31.7. The second-order valence-corrected chi connectivity index (χ2v) is 10.5. The lowest BCUT2D eigenvalue weighted by atomic mass is 9.91. The number of hydrogen-bond acceptors (Lipinski definition) is 5. The molecule has 2 aliphatic heterocycles. The zero-order valence-electron chi connectivity index (χ0n) is 20.8. The molecule has 1 aromatic carbocycles.